The van der Waals surface area contributed by atoms with Crippen molar-refractivity contribution in [3.63, 3.8) is 0 Å². The molecule has 0 aliphatic carbocycles. The summed E-state index contributed by atoms with van der Waals surface area (Å²) in [7, 11) is 1.70. The van der Waals surface area contributed by atoms with Crippen molar-refractivity contribution >= 4 is 10.9 Å². The van der Waals surface area contributed by atoms with Crippen LogP contribution in [-0.2, 0) is 0 Å². The van der Waals surface area contributed by atoms with Crippen molar-refractivity contribution < 1.29 is 9.84 Å². The fraction of sp³-hybridized carbons (Fsp3) is 0.346. The molecule has 3 fully saturated rings. The lowest BCUT2D eigenvalue weighted by Gasteiger charge is -2.52. The minimum absolute atomic E-state index is 0.205. The third-order valence-corrected chi connectivity index (χ3v) is 7.11. The van der Waals surface area contributed by atoms with Crippen molar-refractivity contribution in [3.05, 3.63) is 78.5 Å². The minimum Gasteiger partial charge on any atom is -0.508 e. The van der Waals surface area contributed by atoms with Gasteiger partial charge in [0, 0.05) is 30.1 Å². The van der Waals surface area contributed by atoms with Crippen molar-refractivity contribution in [1.29, 1.82) is 0 Å². The van der Waals surface area contributed by atoms with Crippen LogP contribution >= 0.6 is 0 Å². The molecule has 0 spiro atoms. The van der Waals surface area contributed by atoms with E-state index >= 15 is 0 Å². The zero-order valence-corrected chi connectivity index (χ0v) is 17.4. The number of ether oxygens (including phenoxy) is 1. The first-order chi connectivity index (χ1) is 14.7. The van der Waals surface area contributed by atoms with Crippen LogP contribution in [0, 0.1) is 11.8 Å². The molecule has 2 aromatic carbocycles. The first kappa shape index (κ1) is 19.1. The molecule has 30 heavy (non-hydrogen) atoms. The Morgan fingerprint density at radius 2 is 2.03 bits per heavy atom. The first-order valence-corrected chi connectivity index (χ1v) is 10.8. The quantitative estimate of drug-likeness (QED) is 0.614. The molecular weight excluding hydrogens is 372 g/mol. The number of piperidine rings is 3. The predicted octanol–water partition coefficient (Wildman–Crippen LogP) is 4.98. The molecule has 3 aliphatic rings. The summed E-state index contributed by atoms with van der Waals surface area (Å²) in [5, 5.41) is 11.0. The minimum atomic E-state index is 0.205. The molecule has 3 aliphatic heterocycles. The molecule has 4 nitrogen and oxygen atoms in total. The summed E-state index contributed by atoms with van der Waals surface area (Å²) in [4.78, 5) is 7.25. The SMILES string of the molecule is C=C[C@H]1CN2CC[C@H]1C[C@H]2[C@@H](c1ccc(O)cc1)c1ccnc2ccc(OC)cc12. The standard InChI is InChI=1S/C26H28N2O2/c1-3-17-16-28-13-11-19(17)14-25(28)26(18-4-6-20(29)7-5-18)22-10-12-27-24-9-8-21(30-2)15-23(22)24/h3-10,12,15,17,19,25-26,29H,1,11,13-14,16H2,2H3/t17-,19-,25-,26-/m0/s1. The summed E-state index contributed by atoms with van der Waals surface area (Å²) in [5.41, 5.74) is 3.49. The molecule has 6 rings (SSSR count). The van der Waals surface area contributed by atoms with Gasteiger partial charge in [-0.1, -0.05) is 18.2 Å². The number of phenols is 1. The van der Waals surface area contributed by atoms with E-state index in [1.54, 1.807) is 19.2 Å². The molecule has 2 bridgehead atoms. The van der Waals surface area contributed by atoms with E-state index < -0.39 is 0 Å². The van der Waals surface area contributed by atoms with Gasteiger partial charge in [-0.25, -0.2) is 0 Å². The number of benzene rings is 2. The first-order valence-electron chi connectivity index (χ1n) is 10.8. The van der Waals surface area contributed by atoms with E-state index in [0.29, 0.717) is 23.6 Å². The van der Waals surface area contributed by atoms with Crippen molar-refractivity contribution in [3.8, 4) is 11.5 Å². The number of fused-ring (bicyclic) bond motifs is 4. The molecule has 4 heterocycles. The van der Waals surface area contributed by atoms with Crippen molar-refractivity contribution in [2.24, 2.45) is 11.8 Å². The molecular formula is C26H28N2O2. The van der Waals surface area contributed by atoms with Crippen LogP contribution in [0.3, 0.4) is 0 Å². The van der Waals surface area contributed by atoms with Crippen LogP contribution in [0.5, 0.6) is 11.5 Å². The summed E-state index contributed by atoms with van der Waals surface area (Å²) < 4.78 is 5.52. The van der Waals surface area contributed by atoms with Gasteiger partial charge in [0.05, 0.1) is 12.6 Å². The average Bonchev–Trinajstić information content (AvgIpc) is 2.80. The van der Waals surface area contributed by atoms with Crippen LogP contribution in [-0.4, -0.2) is 41.2 Å². The Balaban J connectivity index is 1.66. The van der Waals surface area contributed by atoms with Crippen LogP contribution in [0.2, 0.25) is 0 Å². The maximum absolute atomic E-state index is 9.88. The summed E-state index contributed by atoms with van der Waals surface area (Å²) in [6.07, 6.45) is 6.48. The Hall–Kier alpha value is -2.85. The second-order valence-electron chi connectivity index (χ2n) is 8.60. The molecule has 4 heteroatoms. The largest absolute Gasteiger partial charge is 0.508 e. The summed E-state index contributed by atoms with van der Waals surface area (Å²) in [6, 6.07) is 16.4. The molecule has 1 aromatic heterocycles. The molecule has 5 atom stereocenters. The molecule has 0 saturated carbocycles. The second-order valence-corrected chi connectivity index (χ2v) is 8.60. The molecule has 0 radical (unpaired) electrons. The summed E-state index contributed by atoms with van der Waals surface area (Å²) >= 11 is 0. The third kappa shape index (κ3) is 3.25. The lowest BCUT2D eigenvalue weighted by atomic mass is 9.69. The van der Waals surface area contributed by atoms with Gasteiger partial charge < -0.3 is 9.84 Å². The van der Waals surface area contributed by atoms with Gasteiger partial charge in [-0.2, -0.15) is 0 Å². The number of pyridine rings is 1. The van der Waals surface area contributed by atoms with E-state index in [2.05, 4.69) is 46.8 Å². The highest BCUT2D eigenvalue weighted by Gasteiger charge is 2.43. The Bertz CT molecular complexity index is 1060. The van der Waals surface area contributed by atoms with Crippen LogP contribution in [0.15, 0.2) is 67.4 Å². The predicted molar refractivity (Wildman–Crippen MR) is 120 cm³/mol. The zero-order valence-electron chi connectivity index (χ0n) is 17.4. The number of aromatic nitrogens is 1. The Labute approximate surface area is 177 Å². The number of methoxy groups -OCH3 is 1. The molecule has 3 saturated heterocycles. The van der Waals surface area contributed by atoms with E-state index in [1.165, 1.54) is 17.5 Å². The Kier molecular flexibility index (Phi) is 4.95. The van der Waals surface area contributed by atoms with Crippen LogP contribution in [0.1, 0.15) is 29.9 Å². The second kappa shape index (κ2) is 7.77. The number of phenolic OH excluding ortho intramolecular Hbond substituents is 1. The van der Waals surface area contributed by atoms with Crippen LogP contribution in [0.4, 0.5) is 0 Å². The Morgan fingerprint density at radius 3 is 2.73 bits per heavy atom. The van der Waals surface area contributed by atoms with E-state index in [4.69, 9.17) is 4.74 Å². The van der Waals surface area contributed by atoms with Gasteiger partial charge in [0.1, 0.15) is 11.5 Å². The van der Waals surface area contributed by atoms with Gasteiger partial charge in [-0.15, -0.1) is 6.58 Å². The number of hydrogen-bond donors (Lipinski definition) is 1. The topological polar surface area (TPSA) is 45.6 Å². The highest BCUT2D eigenvalue weighted by atomic mass is 16.5. The average molecular weight is 401 g/mol. The van der Waals surface area contributed by atoms with Gasteiger partial charge in [-0.3, -0.25) is 9.88 Å². The van der Waals surface area contributed by atoms with Crippen LogP contribution in [0.25, 0.3) is 10.9 Å². The van der Waals surface area contributed by atoms with E-state index in [1.807, 2.05) is 18.3 Å². The number of aromatic hydroxyl groups is 1. The van der Waals surface area contributed by atoms with Gasteiger partial charge in [-0.05, 0) is 78.7 Å². The van der Waals surface area contributed by atoms with Gasteiger partial charge in [0.2, 0.25) is 0 Å². The zero-order chi connectivity index (χ0) is 20.7. The lowest BCUT2D eigenvalue weighted by molar-refractivity contribution is 0.0121. The van der Waals surface area contributed by atoms with Gasteiger partial charge in [0.25, 0.3) is 0 Å². The van der Waals surface area contributed by atoms with Gasteiger partial charge in [0.15, 0.2) is 0 Å². The number of rotatable bonds is 5. The number of nitrogens with zero attached hydrogens (tertiary/aromatic N) is 2. The third-order valence-electron chi connectivity index (χ3n) is 7.11. The Morgan fingerprint density at radius 1 is 1.20 bits per heavy atom. The van der Waals surface area contributed by atoms with E-state index in [9.17, 15) is 5.11 Å². The highest BCUT2D eigenvalue weighted by Crippen LogP contribution is 2.45. The fourth-order valence-electron chi connectivity index (χ4n) is 5.56. The monoisotopic (exact) mass is 400 g/mol. The maximum atomic E-state index is 9.88. The maximum Gasteiger partial charge on any atom is 0.119 e. The van der Waals surface area contributed by atoms with Crippen LogP contribution < -0.4 is 4.74 Å². The number of hydrogen-bond acceptors (Lipinski definition) is 4. The normalized spacial score (nSPS) is 26.4. The summed E-state index contributed by atoms with van der Waals surface area (Å²) in [5.74, 6) is 2.63. The molecule has 3 aromatic rings. The van der Waals surface area contributed by atoms with Crippen molar-refractivity contribution in [2.45, 2.75) is 24.8 Å². The molecule has 1 unspecified atom stereocenters. The van der Waals surface area contributed by atoms with E-state index in [0.717, 1.165) is 36.2 Å². The summed E-state index contributed by atoms with van der Waals surface area (Å²) in [6.45, 7) is 6.31. The molecule has 154 valence electrons. The lowest BCUT2D eigenvalue weighted by Crippen LogP contribution is -2.55. The fourth-order valence-corrected chi connectivity index (χ4v) is 5.56. The smallest absolute Gasteiger partial charge is 0.119 e. The molecule has 1 N–H and O–H groups in total. The van der Waals surface area contributed by atoms with Crippen molar-refractivity contribution in [2.75, 3.05) is 20.2 Å². The highest BCUT2D eigenvalue weighted by molar-refractivity contribution is 5.84. The molecule has 0 amide bonds. The van der Waals surface area contributed by atoms with E-state index in [-0.39, 0.29) is 5.92 Å². The van der Waals surface area contributed by atoms with Gasteiger partial charge >= 0.3 is 0 Å². The van der Waals surface area contributed by atoms with Crippen molar-refractivity contribution in [1.82, 2.24) is 9.88 Å².